The highest BCUT2D eigenvalue weighted by Gasteiger charge is 2.25. The number of nitrogens with zero attached hydrogens (tertiary/aromatic N) is 1. The maximum absolute atomic E-state index is 12.2. The van der Waals surface area contributed by atoms with Crippen molar-refractivity contribution in [3.63, 3.8) is 0 Å². The Morgan fingerprint density at radius 3 is 2.71 bits per heavy atom. The van der Waals surface area contributed by atoms with Gasteiger partial charge in [0.05, 0.1) is 6.54 Å². The van der Waals surface area contributed by atoms with Crippen LogP contribution in [0.1, 0.15) is 25.7 Å². The van der Waals surface area contributed by atoms with Crippen LogP contribution in [-0.4, -0.2) is 49.8 Å². The van der Waals surface area contributed by atoms with Crippen LogP contribution in [0.25, 0.3) is 0 Å². The fourth-order valence-electron chi connectivity index (χ4n) is 3.33. The minimum atomic E-state index is 0.0262. The first-order valence-corrected chi connectivity index (χ1v) is 8.91. The zero-order valence-corrected chi connectivity index (χ0v) is 13.9. The fourth-order valence-corrected chi connectivity index (χ4v) is 3.33. The van der Waals surface area contributed by atoms with Gasteiger partial charge in [0, 0.05) is 30.9 Å². The molecule has 0 radical (unpaired) electrons. The molecule has 6 nitrogen and oxygen atoms in total. The van der Waals surface area contributed by atoms with Gasteiger partial charge in [0.25, 0.3) is 0 Å². The molecular formula is C18H25N3O3. The Labute approximate surface area is 142 Å². The molecule has 1 saturated carbocycles. The number of fused-ring (bicyclic) bond motifs is 1. The molecule has 1 saturated heterocycles. The summed E-state index contributed by atoms with van der Waals surface area (Å²) in [4.78, 5) is 14.5. The molecule has 2 heterocycles. The lowest BCUT2D eigenvalue weighted by atomic mass is 10.0. The SMILES string of the molecule is O=C(CN1CCC(NCC2CC2)CC1)Nc1ccc2c(c1)OCO2. The maximum atomic E-state index is 12.2. The van der Waals surface area contributed by atoms with E-state index < -0.39 is 0 Å². The third-order valence-corrected chi connectivity index (χ3v) is 5.00. The Morgan fingerprint density at radius 2 is 1.92 bits per heavy atom. The fraction of sp³-hybridized carbons (Fsp3) is 0.611. The molecule has 0 spiro atoms. The molecule has 1 aliphatic carbocycles. The van der Waals surface area contributed by atoms with Crippen molar-refractivity contribution in [2.45, 2.75) is 31.7 Å². The first-order chi connectivity index (χ1) is 11.8. The zero-order valence-electron chi connectivity index (χ0n) is 13.9. The van der Waals surface area contributed by atoms with E-state index in [4.69, 9.17) is 9.47 Å². The molecule has 0 atom stereocenters. The number of amides is 1. The Bertz CT molecular complexity index is 595. The van der Waals surface area contributed by atoms with Crippen molar-refractivity contribution in [3.05, 3.63) is 18.2 Å². The van der Waals surface area contributed by atoms with Crippen LogP contribution in [-0.2, 0) is 4.79 Å². The van der Waals surface area contributed by atoms with Crippen molar-refractivity contribution >= 4 is 11.6 Å². The predicted molar refractivity (Wildman–Crippen MR) is 91.4 cm³/mol. The monoisotopic (exact) mass is 331 g/mol. The highest BCUT2D eigenvalue weighted by atomic mass is 16.7. The molecule has 1 aromatic rings. The van der Waals surface area contributed by atoms with Crippen LogP contribution >= 0.6 is 0 Å². The van der Waals surface area contributed by atoms with Crippen LogP contribution in [0, 0.1) is 5.92 Å². The summed E-state index contributed by atoms with van der Waals surface area (Å²) in [6, 6.07) is 6.11. The number of carbonyl (C=O) groups is 1. The summed E-state index contributed by atoms with van der Waals surface area (Å²) in [6.45, 7) is 3.84. The molecule has 0 unspecified atom stereocenters. The Kier molecular flexibility index (Phi) is 4.58. The molecular weight excluding hydrogens is 306 g/mol. The van der Waals surface area contributed by atoms with Crippen LogP contribution < -0.4 is 20.1 Å². The summed E-state index contributed by atoms with van der Waals surface area (Å²) in [5.74, 6) is 2.37. The third-order valence-electron chi connectivity index (χ3n) is 5.00. The van der Waals surface area contributed by atoms with Gasteiger partial charge in [0.1, 0.15) is 0 Å². The van der Waals surface area contributed by atoms with E-state index in [1.165, 1.54) is 19.4 Å². The number of anilines is 1. The zero-order chi connectivity index (χ0) is 16.4. The number of benzene rings is 1. The van der Waals surface area contributed by atoms with Crippen LogP contribution in [0.3, 0.4) is 0 Å². The van der Waals surface area contributed by atoms with Crippen molar-refractivity contribution < 1.29 is 14.3 Å². The van der Waals surface area contributed by atoms with Crippen molar-refractivity contribution in [3.8, 4) is 11.5 Å². The minimum absolute atomic E-state index is 0.0262. The average Bonchev–Trinajstić information content (AvgIpc) is 3.30. The number of piperidine rings is 1. The van der Waals surface area contributed by atoms with Crippen molar-refractivity contribution in [2.75, 3.05) is 38.3 Å². The maximum Gasteiger partial charge on any atom is 0.238 e. The van der Waals surface area contributed by atoms with Gasteiger partial charge < -0.3 is 20.1 Å². The Morgan fingerprint density at radius 1 is 1.12 bits per heavy atom. The normalized spacial score (nSPS) is 21.0. The molecule has 2 aliphatic heterocycles. The van der Waals surface area contributed by atoms with E-state index in [0.29, 0.717) is 18.3 Å². The van der Waals surface area contributed by atoms with E-state index >= 15 is 0 Å². The molecule has 24 heavy (non-hydrogen) atoms. The Balaban J connectivity index is 1.20. The van der Waals surface area contributed by atoms with E-state index in [0.717, 1.165) is 43.3 Å². The quantitative estimate of drug-likeness (QED) is 0.832. The molecule has 2 fully saturated rings. The van der Waals surface area contributed by atoms with E-state index in [2.05, 4.69) is 15.5 Å². The van der Waals surface area contributed by atoms with Gasteiger partial charge in [-0.25, -0.2) is 0 Å². The van der Waals surface area contributed by atoms with Crippen LogP contribution in [0.4, 0.5) is 5.69 Å². The van der Waals surface area contributed by atoms with Gasteiger partial charge in [-0.1, -0.05) is 0 Å². The number of likely N-dealkylation sites (tertiary alicyclic amines) is 1. The van der Waals surface area contributed by atoms with Gasteiger partial charge in [-0.15, -0.1) is 0 Å². The molecule has 4 rings (SSSR count). The lowest BCUT2D eigenvalue weighted by molar-refractivity contribution is -0.117. The van der Waals surface area contributed by atoms with Gasteiger partial charge >= 0.3 is 0 Å². The Hall–Kier alpha value is -1.79. The summed E-state index contributed by atoms with van der Waals surface area (Å²) >= 11 is 0. The summed E-state index contributed by atoms with van der Waals surface area (Å²) in [5.41, 5.74) is 0.755. The molecule has 130 valence electrons. The highest BCUT2D eigenvalue weighted by molar-refractivity contribution is 5.92. The summed E-state index contributed by atoms with van der Waals surface area (Å²) < 4.78 is 10.6. The number of nitrogens with one attached hydrogen (secondary N) is 2. The number of hydrogen-bond acceptors (Lipinski definition) is 5. The standard InChI is InChI=1S/C18H25N3O3/c22-18(20-15-3-4-16-17(9-15)24-12-23-16)11-21-7-5-14(6-8-21)19-10-13-1-2-13/h3-4,9,13-14,19H,1-2,5-8,10-12H2,(H,20,22). The largest absolute Gasteiger partial charge is 0.454 e. The second-order valence-corrected chi connectivity index (χ2v) is 7.02. The van der Waals surface area contributed by atoms with Crippen LogP contribution in [0.2, 0.25) is 0 Å². The topological polar surface area (TPSA) is 62.8 Å². The lowest BCUT2D eigenvalue weighted by Crippen LogP contribution is -2.45. The first kappa shape index (κ1) is 15.7. The third kappa shape index (κ3) is 3.99. The van der Waals surface area contributed by atoms with E-state index in [1.54, 1.807) is 0 Å². The molecule has 1 aromatic carbocycles. The molecule has 6 heteroatoms. The molecule has 3 aliphatic rings. The van der Waals surface area contributed by atoms with Gasteiger partial charge in [-0.2, -0.15) is 0 Å². The summed E-state index contributed by atoms with van der Waals surface area (Å²) in [7, 11) is 0. The number of ether oxygens (including phenoxy) is 2. The molecule has 2 N–H and O–H groups in total. The number of rotatable bonds is 6. The first-order valence-electron chi connectivity index (χ1n) is 8.91. The highest BCUT2D eigenvalue weighted by Crippen LogP contribution is 2.34. The molecule has 0 aromatic heterocycles. The second kappa shape index (κ2) is 6.99. The average molecular weight is 331 g/mol. The van der Waals surface area contributed by atoms with E-state index in [-0.39, 0.29) is 12.7 Å². The smallest absolute Gasteiger partial charge is 0.238 e. The number of carbonyl (C=O) groups excluding carboxylic acids is 1. The van der Waals surface area contributed by atoms with Gasteiger partial charge in [-0.3, -0.25) is 9.69 Å². The lowest BCUT2D eigenvalue weighted by Gasteiger charge is -2.32. The van der Waals surface area contributed by atoms with Gasteiger partial charge in [-0.05, 0) is 50.3 Å². The van der Waals surface area contributed by atoms with Gasteiger partial charge in [0.2, 0.25) is 12.7 Å². The van der Waals surface area contributed by atoms with Crippen LogP contribution in [0.5, 0.6) is 11.5 Å². The van der Waals surface area contributed by atoms with Crippen molar-refractivity contribution in [1.82, 2.24) is 10.2 Å². The van der Waals surface area contributed by atoms with Gasteiger partial charge in [0.15, 0.2) is 11.5 Å². The predicted octanol–water partition coefficient (Wildman–Crippen LogP) is 1.82. The second-order valence-electron chi connectivity index (χ2n) is 7.02. The summed E-state index contributed by atoms with van der Waals surface area (Å²) in [5, 5.41) is 6.61. The van der Waals surface area contributed by atoms with E-state index in [9.17, 15) is 4.79 Å². The van der Waals surface area contributed by atoms with E-state index in [1.807, 2.05) is 18.2 Å². The number of hydrogen-bond donors (Lipinski definition) is 2. The van der Waals surface area contributed by atoms with Crippen molar-refractivity contribution in [1.29, 1.82) is 0 Å². The van der Waals surface area contributed by atoms with Crippen LogP contribution in [0.15, 0.2) is 18.2 Å². The van der Waals surface area contributed by atoms with Crippen molar-refractivity contribution in [2.24, 2.45) is 5.92 Å². The summed E-state index contributed by atoms with van der Waals surface area (Å²) in [6.07, 6.45) is 5.05. The minimum Gasteiger partial charge on any atom is -0.454 e. The molecule has 1 amide bonds. The molecule has 0 bridgehead atoms.